The Labute approximate surface area is 89.1 Å². The number of hydrogen-bond donors (Lipinski definition) is 1. The quantitative estimate of drug-likeness (QED) is 0.682. The first-order valence-corrected chi connectivity index (χ1v) is 6.17. The maximum atomic E-state index is 3.47. The molecule has 0 aliphatic carbocycles. The number of likely N-dealkylation sites (tertiary alicyclic amines) is 1. The lowest BCUT2D eigenvalue weighted by atomic mass is 10.0. The zero-order valence-corrected chi connectivity index (χ0v) is 10.1. The maximum absolute atomic E-state index is 3.47. The summed E-state index contributed by atoms with van der Waals surface area (Å²) in [4.78, 5) is 2.64. The van der Waals surface area contributed by atoms with E-state index >= 15 is 0 Å². The van der Waals surface area contributed by atoms with Crippen molar-refractivity contribution in [1.29, 1.82) is 0 Å². The van der Waals surface area contributed by atoms with Gasteiger partial charge in [-0.25, -0.2) is 0 Å². The van der Waals surface area contributed by atoms with Gasteiger partial charge in [-0.05, 0) is 45.8 Å². The number of rotatable bonds is 5. The molecule has 0 amide bonds. The average Bonchev–Trinajstić information content (AvgIpc) is 2.15. The third-order valence-corrected chi connectivity index (χ3v) is 3.12. The Morgan fingerprint density at radius 2 is 2.14 bits per heavy atom. The molecule has 1 heterocycles. The van der Waals surface area contributed by atoms with Gasteiger partial charge < -0.3 is 10.2 Å². The third-order valence-electron chi connectivity index (χ3n) is 3.12. The van der Waals surface area contributed by atoms with Crippen LogP contribution in [0.5, 0.6) is 0 Å². The van der Waals surface area contributed by atoms with Crippen LogP contribution in [0.1, 0.15) is 46.5 Å². The minimum atomic E-state index is 0.633. The zero-order chi connectivity index (χ0) is 10.4. The Balaban J connectivity index is 2.04. The fourth-order valence-electron chi connectivity index (χ4n) is 2.16. The molecule has 0 spiro atoms. The van der Waals surface area contributed by atoms with Crippen LogP contribution in [-0.4, -0.2) is 36.6 Å². The smallest absolute Gasteiger partial charge is 0.00669 e. The molecule has 1 saturated heterocycles. The molecule has 0 unspecified atom stereocenters. The fraction of sp³-hybridized carbons (Fsp3) is 1.00. The van der Waals surface area contributed by atoms with E-state index in [2.05, 4.69) is 31.0 Å². The van der Waals surface area contributed by atoms with Crippen LogP contribution in [0.2, 0.25) is 0 Å². The maximum Gasteiger partial charge on any atom is 0.00669 e. The predicted octanol–water partition coefficient (Wildman–Crippen LogP) is 2.25. The van der Waals surface area contributed by atoms with E-state index in [1.54, 1.807) is 0 Å². The van der Waals surface area contributed by atoms with Gasteiger partial charge in [-0.1, -0.05) is 20.3 Å². The molecule has 1 rings (SSSR count). The molecule has 84 valence electrons. The van der Waals surface area contributed by atoms with Gasteiger partial charge in [0.15, 0.2) is 0 Å². The van der Waals surface area contributed by atoms with E-state index in [0.29, 0.717) is 6.04 Å². The van der Waals surface area contributed by atoms with Crippen LogP contribution < -0.4 is 5.32 Å². The monoisotopic (exact) mass is 198 g/mol. The molecule has 14 heavy (non-hydrogen) atoms. The van der Waals surface area contributed by atoms with Crippen molar-refractivity contribution in [3.8, 4) is 0 Å². The lowest BCUT2D eigenvalue weighted by molar-refractivity contribution is 0.158. The summed E-state index contributed by atoms with van der Waals surface area (Å²) in [5.74, 6) is 0. The second-order valence-corrected chi connectivity index (χ2v) is 4.84. The molecule has 0 aromatic heterocycles. The van der Waals surface area contributed by atoms with Gasteiger partial charge in [-0.15, -0.1) is 0 Å². The second kappa shape index (κ2) is 6.41. The zero-order valence-electron chi connectivity index (χ0n) is 10.1. The SMILES string of the molecule is CC(C)NCCCN1CCCC[C@@H]1C. The number of nitrogens with zero attached hydrogens (tertiary/aromatic N) is 1. The Kier molecular flexibility index (Phi) is 5.49. The Morgan fingerprint density at radius 1 is 1.36 bits per heavy atom. The molecule has 2 nitrogen and oxygen atoms in total. The first kappa shape index (κ1) is 12.0. The van der Waals surface area contributed by atoms with Crippen LogP contribution in [0.25, 0.3) is 0 Å². The Morgan fingerprint density at radius 3 is 2.79 bits per heavy atom. The molecule has 1 atom stereocenters. The first-order valence-electron chi connectivity index (χ1n) is 6.17. The number of hydrogen-bond acceptors (Lipinski definition) is 2. The van der Waals surface area contributed by atoms with E-state index in [1.807, 2.05) is 0 Å². The van der Waals surface area contributed by atoms with Gasteiger partial charge in [0.05, 0.1) is 0 Å². The van der Waals surface area contributed by atoms with E-state index in [9.17, 15) is 0 Å². The topological polar surface area (TPSA) is 15.3 Å². The highest BCUT2D eigenvalue weighted by atomic mass is 15.2. The van der Waals surface area contributed by atoms with Crippen LogP contribution in [0.4, 0.5) is 0 Å². The van der Waals surface area contributed by atoms with Crippen molar-refractivity contribution in [3.05, 3.63) is 0 Å². The van der Waals surface area contributed by atoms with Crippen molar-refractivity contribution in [2.75, 3.05) is 19.6 Å². The van der Waals surface area contributed by atoms with E-state index in [1.165, 1.54) is 45.3 Å². The molecule has 0 saturated carbocycles. The lowest BCUT2D eigenvalue weighted by Crippen LogP contribution is -2.39. The van der Waals surface area contributed by atoms with E-state index in [4.69, 9.17) is 0 Å². The largest absolute Gasteiger partial charge is 0.314 e. The Hall–Kier alpha value is -0.0800. The van der Waals surface area contributed by atoms with Crippen LogP contribution in [0.3, 0.4) is 0 Å². The lowest BCUT2D eigenvalue weighted by Gasteiger charge is -2.33. The normalized spacial score (nSPS) is 24.4. The van der Waals surface area contributed by atoms with E-state index < -0.39 is 0 Å². The standard InChI is InChI=1S/C12H26N2/c1-11(2)13-8-6-10-14-9-5-4-7-12(14)3/h11-13H,4-10H2,1-3H3/t12-/m0/s1. The van der Waals surface area contributed by atoms with Gasteiger partial charge in [0.25, 0.3) is 0 Å². The minimum absolute atomic E-state index is 0.633. The third kappa shape index (κ3) is 4.43. The molecule has 1 N–H and O–H groups in total. The molecule has 0 bridgehead atoms. The highest BCUT2D eigenvalue weighted by Gasteiger charge is 2.16. The van der Waals surface area contributed by atoms with Crippen molar-refractivity contribution in [3.63, 3.8) is 0 Å². The molecule has 0 radical (unpaired) electrons. The molecule has 1 aliphatic rings. The number of piperidine rings is 1. The first-order chi connectivity index (χ1) is 6.70. The molecule has 0 aromatic rings. The highest BCUT2D eigenvalue weighted by molar-refractivity contribution is 4.73. The van der Waals surface area contributed by atoms with Crippen molar-refractivity contribution < 1.29 is 0 Å². The van der Waals surface area contributed by atoms with E-state index in [0.717, 1.165) is 6.04 Å². The predicted molar refractivity (Wildman–Crippen MR) is 62.6 cm³/mol. The van der Waals surface area contributed by atoms with Gasteiger partial charge in [0, 0.05) is 12.1 Å². The Bertz CT molecular complexity index is 145. The van der Waals surface area contributed by atoms with Crippen molar-refractivity contribution in [1.82, 2.24) is 10.2 Å². The summed E-state index contributed by atoms with van der Waals surface area (Å²) in [5, 5.41) is 3.47. The van der Waals surface area contributed by atoms with Crippen molar-refractivity contribution in [2.45, 2.75) is 58.5 Å². The van der Waals surface area contributed by atoms with Crippen molar-refractivity contribution in [2.24, 2.45) is 0 Å². The summed E-state index contributed by atoms with van der Waals surface area (Å²) in [7, 11) is 0. The molecule has 1 aliphatic heterocycles. The van der Waals surface area contributed by atoms with Gasteiger partial charge in [-0.3, -0.25) is 0 Å². The van der Waals surface area contributed by atoms with Crippen LogP contribution in [-0.2, 0) is 0 Å². The summed E-state index contributed by atoms with van der Waals surface area (Å²) >= 11 is 0. The summed E-state index contributed by atoms with van der Waals surface area (Å²) in [6.45, 7) is 10.6. The summed E-state index contributed by atoms with van der Waals surface area (Å²) < 4.78 is 0. The van der Waals surface area contributed by atoms with Crippen LogP contribution in [0, 0.1) is 0 Å². The van der Waals surface area contributed by atoms with Crippen LogP contribution >= 0.6 is 0 Å². The van der Waals surface area contributed by atoms with Crippen LogP contribution in [0.15, 0.2) is 0 Å². The fourth-order valence-corrected chi connectivity index (χ4v) is 2.16. The average molecular weight is 198 g/mol. The summed E-state index contributed by atoms with van der Waals surface area (Å²) in [5.41, 5.74) is 0. The van der Waals surface area contributed by atoms with Crippen molar-refractivity contribution >= 4 is 0 Å². The van der Waals surface area contributed by atoms with Gasteiger partial charge in [0.2, 0.25) is 0 Å². The molecular weight excluding hydrogens is 172 g/mol. The molecule has 0 aromatic carbocycles. The highest BCUT2D eigenvalue weighted by Crippen LogP contribution is 2.15. The number of nitrogens with one attached hydrogen (secondary N) is 1. The van der Waals surface area contributed by atoms with E-state index in [-0.39, 0.29) is 0 Å². The molecule has 1 fully saturated rings. The summed E-state index contributed by atoms with van der Waals surface area (Å²) in [6.07, 6.45) is 5.53. The van der Waals surface area contributed by atoms with Gasteiger partial charge in [-0.2, -0.15) is 0 Å². The van der Waals surface area contributed by atoms with Gasteiger partial charge in [0.1, 0.15) is 0 Å². The molecule has 2 heteroatoms. The van der Waals surface area contributed by atoms with Gasteiger partial charge >= 0.3 is 0 Å². The second-order valence-electron chi connectivity index (χ2n) is 4.84. The molecular formula is C12H26N2. The minimum Gasteiger partial charge on any atom is -0.314 e. The summed E-state index contributed by atoms with van der Waals surface area (Å²) in [6, 6.07) is 1.46.